The van der Waals surface area contributed by atoms with Crippen LogP contribution in [0.5, 0.6) is 17.2 Å². The largest absolute Gasteiger partial charge is 0.490 e. The SMILES string of the molecule is C=CCOc1ccc2c(OC(=O)c3ccc(-c4ccccc4OC=O)cc3)cccc2c1. The molecule has 0 radical (unpaired) electrons. The van der Waals surface area contributed by atoms with E-state index in [1.807, 2.05) is 42.5 Å². The third-order valence-electron chi connectivity index (χ3n) is 4.88. The molecule has 0 N–H and O–H groups in total. The van der Waals surface area contributed by atoms with Gasteiger partial charge in [-0.2, -0.15) is 0 Å². The van der Waals surface area contributed by atoms with Gasteiger partial charge < -0.3 is 14.2 Å². The molecule has 5 heteroatoms. The van der Waals surface area contributed by atoms with Gasteiger partial charge in [0, 0.05) is 10.9 Å². The Balaban J connectivity index is 1.55. The number of benzene rings is 4. The first-order valence-corrected chi connectivity index (χ1v) is 9.98. The quantitative estimate of drug-likeness (QED) is 0.154. The van der Waals surface area contributed by atoms with Crippen LogP contribution in [0.4, 0.5) is 0 Å². The number of ether oxygens (including phenoxy) is 3. The molecule has 4 aromatic rings. The van der Waals surface area contributed by atoms with E-state index in [0.29, 0.717) is 30.1 Å². The minimum Gasteiger partial charge on any atom is -0.490 e. The molecule has 158 valence electrons. The van der Waals surface area contributed by atoms with Crippen LogP contribution in [0, 0.1) is 0 Å². The molecule has 0 saturated heterocycles. The molecule has 0 aliphatic carbocycles. The van der Waals surface area contributed by atoms with Crippen LogP contribution in [0.3, 0.4) is 0 Å². The second-order valence-electron chi connectivity index (χ2n) is 6.92. The van der Waals surface area contributed by atoms with E-state index >= 15 is 0 Å². The molecule has 0 bridgehead atoms. The number of esters is 1. The summed E-state index contributed by atoms with van der Waals surface area (Å²) >= 11 is 0. The van der Waals surface area contributed by atoms with Crippen LogP contribution in [0.2, 0.25) is 0 Å². The number of carbonyl (C=O) groups excluding carboxylic acids is 2. The summed E-state index contributed by atoms with van der Waals surface area (Å²) in [6.45, 7) is 4.46. The van der Waals surface area contributed by atoms with E-state index in [2.05, 4.69) is 6.58 Å². The summed E-state index contributed by atoms with van der Waals surface area (Å²) in [7, 11) is 0. The second kappa shape index (κ2) is 9.62. The summed E-state index contributed by atoms with van der Waals surface area (Å²) in [5.41, 5.74) is 1.98. The molecule has 4 rings (SSSR count). The third-order valence-corrected chi connectivity index (χ3v) is 4.88. The molecule has 0 heterocycles. The summed E-state index contributed by atoms with van der Waals surface area (Å²) in [4.78, 5) is 23.5. The van der Waals surface area contributed by atoms with Gasteiger partial charge in [-0.1, -0.05) is 55.1 Å². The van der Waals surface area contributed by atoms with Gasteiger partial charge in [0.2, 0.25) is 0 Å². The van der Waals surface area contributed by atoms with Crippen molar-refractivity contribution < 1.29 is 23.8 Å². The topological polar surface area (TPSA) is 61.8 Å². The van der Waals surface area contributed by atoms with Crippen molar-refractivity contribution in [2.75, 3.05) is 6.61 Å². The molecule has 5 nitrogen and oxygen atoms in total. The van der Waals surface area contributed by atoms with Gasteiger partial charge in [-0.05, 0) is 53.4 Å². The maximum Gasteiger partial charge on any atom is 0.343 e. The highest BCUT2D eigenvalue weighted by molar-refractivity contribution is 5.96. The van der Waals surface area contributed by atoms with Crippen LogP contribution >= 0.6 is 0 Å². The van der Waals surface area contributed by atoms with E-state index in [0.717, 1.165) is 27.6 Å². The van der Waals surface area contributed by atoms with Crippen molar-refractivity contribution in [1.29, 1.82) is 0 Å². The molecule has 0 aromatic heterocycles. The number of hydrogen-bond acceptors (Lipinski definition) is 5. The minimum atomic E-state index is -0.464. The fourth-order valence-electron chi connectivity index (χ4n) is 3.37. The van der Waals surface area contributed by atoms with Gasteiger partial charge in [0.1, 0.15) is 23.9 Å². The lowest BCUT2D eigenvalue weighted by Gasteiger charge is -2.10. The van der Waals surface area contributed by atoms with Gasteiger partial charge in [0.05, 0.1) is 5.56 Å². The van der Waals surface area contributed by atoms with Crippen molar-refractivity contribution in [2.24, 2.45) is 0 Å². The van der Waals surface area contributed by atoms with Crippen molar-refractivity contribution >= 4 is 23.2 Å². The molecular weight excluding hydrogens is 404 g/mol. The Labute approximate surface area is 185 Å². The molecule has 0 unspecified atom stereocenters. The first-order valence-electron chi connectivity index (χ1n) is 9.98. The predicted molar refractivity (Wildman–Crippen MR) is 123 cm³/mol. The fourth-order valence-corrected chi connectivity index (χ4v) is 3.37. The zero-order chi connectivity index (χ0) is 22.3. The number of carbonyl (C=O) groups is 2. The first-order chi connectivity index (χ1) is 15.7. The van der Waals surface area contributed by atoms with Gasteiger partial charge in [-0.3, -0.25) is 4.79 Å². The average molecular weight is 424 g/mol. The van der Waals surface area contributed by atoms with Crippen LogP contribution in [0.25, 0.3) is 21.9 Å². The van der Waals surface area contributed by atoms with Crippen LogP contribution in [0.1, 0.15) is 10.4 Å². The molecule has 0 saturated carbocycles. The lowest BCUT2D eigenvalue weighted by Crippen LogP contribution is -2.08. The van der Waals surface area contributed by atoms with Gasteiger partial charge in [0.15, 0.2) is 0 Å². The molecular formula is C27H20O5. The van der Waals surface area contributed by atoms with E-state index in [-0.39, 0.29) is 0 Å². The molecule has 0 atom stereocenters. The van der Waals surface area contributed by atoms with E-state index in [9.17, 15) is 9.59 Å². The Morgan fingerprint density at radius 3 is 2.44 bits per heavy atom. The fraction of sp³-hybridized carbons (Fsp3) is 0.0370. The van der Waals surface area contributed by atoms with E-state index in [1.54, 1.807) is 48.5 Å². The van der Waals surface area contributed by atoms with Crippen molar-refractivity contribution in [3.8, 4) is 28.4 Å². The summed E-state index contributed by atoms with van der Waals surface area (Å²) in [5.74, 6) is 1.17. The summed E-state index contributed by atoms with van der Waals surface area (Å²) < 4.78 is 16.3. The van der Waals surface area contributed by atoms with Crippen LogP contribution in [-0.4, -0.2) is 19.0 Å². The number of para-hydroxylation sites is 1. The van der Waals surface area contributed by atoms with Crippen molar-refractivity contribution in [3.05, 3.63) is 103 Å². The second-order valence-corrected chi connectivity index (χ2v) is 6.92. The Kier molecular flexibility index (Phi) is 6.28. The monoisotopic (exact) mass is 424 g/mol. The number of fused-ring (bicyclic) bond motifs is 1. The number of hydrogen-bond donors (Lipinski definition) is 0. The van der Waals surface area contributed by atoms with E-state index in [4.69, 9.17) is 14.2 Å². The normalized spacial score (nSPS) is 10.4. The van der Waals surface area contributed by atoms with Gasteiger partial charge in [-0.15, -0.1) is 0 Å². The third kappa shape index (κ3) is 4.52. The summed E-state index contributed by atoms with van der Waals surface area (Å²) in [6, 6.07) is 25.2. The Morgan fingerprint density at radius 2 is 1.66 bits per heavy atom. The highest BCUT2D eigenvalue weighted by Gasteiger charge is 2.13. The highest BCUT2D eigenvalue weighted by atomic mass is 16.5. The van der Waals surface area contributed by atoms with Crippen LogP contribution in [-0.2, 0) is 4.79 Å². The number of rotatable bonds is 8. The standard InChI is InChI=1S/C27H20O5/c1-2-16-30-22-14-15-24-21(17-22)6-5-9-26(24)32-27(29)20-12-10-19(11-13-20)23-7-3-4-8-25(23)31-18-28/h2-15,17-18H,1,16H2. The van der Waals surface area contributed by atoms with Gasteiger partial charge >= 0.3 is 5.97 Å². The molecule has 32 heavy (non-hydrogen) atoms. The average Bonchev–Trinajstić information content (AvgIpc) is 2.83. The Hall–Kier alpha value is -4.38. The van der Waals surface area contributed by atoms with Crippen LogP contribution in [0.15, 0.2) is 97.6 Å². The summed E-state index contributed by atoms with van der Waals surface area (Å²) in [5, 5.41) is 1.71. The van der Waals surface area contributed by atoms with E-state index < -0.39 is 5.97 Å². The highest BCUT2D eigenvalue weighted by Crippen LogP contribution is 2.31. The molecule has 0 fully saturated rings. The predicted octanol–water partition coefficient (Wildman–Crippen LogP) is 5.83. The lowest BCUT2D eigenvalue weighted by atomic mass is 10.0. The maximum atomic E-state index is 12.8. The Morgan fingerprint density at radius 1 is 0.875 bits per heavy atom. The molecule has 0 aliphatic rings. The van der Waals surface area contributed by atoms with Crippen molar-refractivity contribution in [2.45, 2.75) is 0 Å². The lowest BCUT2D eigenvalue weighted by molar-refractivity contribution is -0.120. The Bertz CT molecular complexity index is 1270. The zero-order valence-corrected chi connectivity index (χ0v) is 17.2. The maximum absolute atomic E-state index is 12.8. The molecule has 0 spiro atoms. The van der Waals surface area contributed by atoms with E-state index in [1.165, 1.54) is 0 Å². The minimum absolute atomic E-state index is 0.392. The smallest absolute Gasteiger partial charge is 0.343 e. The zero-order valence-electron chi connectivity index (χ0n) is 17.2. The van der Waals surface area contributed by atoms with Crippen molar-refractivity contribution in [3.63, 3.8) is 0 Å². The van der Waals surface area contributed by atoms with Crippen LogP contribution < -0.4 is 14.2 Å². The summed E-state index contributed by atoms with van der Waals surface area (Å²) in [6.07, 6.45) is 1.68. The molecule has 4 aromatic carbocycles. The first kappa shape index (κ1) is 20.9. The van der Waals surface area contributed by atoms with Gasteiger partial charge in [-0.25, -0.2) is 4.79 Å². The molecule has 0 amide bonds. The van der Waals surface area contributed by atoms with Crippen molar-refractivity contribution in [1.82, 2.24) is 0 Å². The molecule has 0 aliphatic heterocycles. The van der Waals surface area contributed by atoms with Gasteiger partial charge in [0.25, 0.3) is 6.47 Å².